The van der Waals surface area contributed by atoms with E-state index < -0.39 is 5.97 Å². The van der Waals surface area contributed by atoms with Crippen LogP contribution in [0.3, 0.4) is 0 Å². The predicted octanol–water partition coefficient (Wildman–Crippen LogP) is 1.83. The molecule has 0 aliphatic heterocycles. The molecule has 88 valence electrons. The first-order chi connectivity index (χ1) is 7.50. The van der Waals surface area contributed by atoms with Crippen LogP contribution >= 0.6 is 11.3 Å². The van der Waals surface area contributed by atoms with Crippen molar-refractivity contribution in [2.75, 3.05) is 0 Å². The molecular weight excluding hydrogens is 226 g/mol. The Kier molecular flexibility index (Phi) is 4.49. The monoisotopic (exact) mass is 241 g/mol. The summed E-state index contributed by atoms with van der Waals surface area (Å²) in [5.41, 5.74) is 0.963. The van der Waals surface area contributed by atoms with Gasteiger partial charge in [0, 0.05) is 6.04 Å². The third-order valence-electron chi connectivity index (χ3n) is 2.31. The Morgan fingerprint density at radius 2 is 2.19 bits per heavy atom. The van der Waals surface area contributed by atoms with Crippen LogP contribution in [0.25, 0.3) is 0 Å². The molecule has 0 bridgehead atoms. The number of carbonyl (C=O) groups excluding carboxylic acids is 1. The molecular formula is C11H15NO3S. The van der Waals surface area contributed by atoms with E-state index in [1.54, 1.807) is 18.3 Å². The minimum Gasteiger partial charge on any atom is -0.481 e. The van der Waals surface area contributed by atoms with Crippen LogP contribution in [0.2, 0.25) is 0 Å². The Hall–Kier alpha value is -1.36. The van der Waals surface area contributed by atoms with Gasteiger partial charge >= 0.3 is 5.97 Å². The molecule has 2 atom stereocenters. The molecule has 0 aliphatic rings. The van der Waals surface area contributed by atoms with Gasteiger partial charge in [-0.25, -0.2) is 0 Å². The molecule has 4 nitrogen and oxygen atoms in total. The molecule has 1 rings (SSSR count). The van der Waals surface area contributed by atoms with Crippen LogP contribution in [-0.4, -0.2) is 23.0 Å². The fourth-order valence-corrected chi connectivity index (χ4v) is 2.11. The first kappa shape index (κ1) is 12.7. The third kappa shape index (κ3) is 3.66. The average Bonchev–Trinajstić information content (AvgIpc) is 2.67. The maximum atomic E-state index is 11.7. The van der Waals surface area contributed by atoms with Gasteiger partial charge < -0.3 is 10.4 Å². The smallest absolute Gasteiger partial charge is 0.305 e. The quantitative estimate of drug-likeness (QED) is 0.826. The number of carboxylic acids is 1. The van der Waals surface area contributed by atoms with Gasteiger partial charge in [-0.2, -0.15) is 11.3 Å². The van der Waals surface area contributed by atoms with Crippen LogP contribution in [0.4, 0.5) is 0 Å². The summed E-state index contributed by atoms with van der Waals surface area (Å²) in [6, 6.07) is 1.56. The summed E-state index contributed by atoms with van der Waals surface area (Å²) in [4.78, 5) is 22.2. The molecule has 0 aliphatic carbocycles. The summed E-state index contributed by atoms with van der Waals surface area (Å²) in [7, 11) is 0. The number of aliphatic carboxylic acids is 1. The van der Waals surface area contributed by atoms with Gasteiger partial charge in [-0.3, -0.25) is 9.59 Å². The van der Waals surface area contributed by atoms with E-state index in [1.165, 1.54) is 0 Å². The van der Waals surface area contributed by atoms with E-state index in [0.717, 1.165) is 5.56 Å². The van der Waals surface area contributed by atoms with Crippen molar-refractivity contribution in [2.24, 2.45) is 0 Å². The topological polar surface area (TPSA) is 66.4 Å². The maximum absolute atomic E-state index is 11.7. The summed E-state index contributed by atoms with van der Waals surface area (Å²) in [5, 5.41) is 15.1. The van der Waals surface area contributed by atoms with Crippen molar-refractivity contribution in [3.8, 4) is 0 Å². The standard InChI is InChI=1S/C11H15NO3S/c1-7(5-10(13)14)12-11(15)8(2)9-3-4-16-6-9/h3-4,6-8H,5H2,1-2H3,(H,12,15)(H,13,14). The largest absolute Gasteiger partial charge is 0.481 e. The lowest BCUT2D eigenvalue weighted by Crippen LogP contribution is -2.36. The SMILES string of the molecule is CC(CC(=O)O)NC(=O)C(C)c1ccsc1. The van der Waals surface area contributed by atoms with Gasteiger partial charge in [-0.15, -0.1) is 0 Å². The molecule has 1 heterocycles. The molecule has 2 N–H and O–H groups in total. The first-order valence-electron chi connectivity index (χ1n) is 5.05. The summed E-state index contributed by atoms with van der Waals surface area (Å²) >= 11 is 1.54. The van der Waals surface area contributed by atoms with Crippen LogP contribution < -0.4 is 5.32 Å². The van der Waals surface area contributed by atoms with Crippen LogP contribution in [0.5, 0.6) is 0 Å². The molecule has 0 fully saturated rings. The van der Waals surface area contributed by atoms with E-state index in [4.69, 9.17) is 5.11 Å². The first-order valence-corrected chi connectivity index (χ1v) is 5.99. The minimum absolute atomic E-state index is 0.0535. The number of nitrogens with one attached hydrogen (secondary N) is 1. The van der Waals surface area contributed by atoms with Crippen molar-refractivity contribution in [3.63, 3.8) is 0 Å². The second-order valence-electron chi connectivity index (χ2n) is 3.79. The summed E-state index contributed by atoms with van der Waals surface area (Å²) in [5.74, 6) is -1.27. The van der Waals surface area contributed by atoms with Gasteiger partial charge in [0.05, 0.1) is 12.3 Å². The van der Waals surface area contributed by atoms with Crippen molar-refractivity contribution >= 4 is 23.2 Å². The molecule has 5 heteroatoms. The van der Waals surface area contributed by atoms with E-state index in [9.17, 15) is 9.59 Å². The molecule has 0 radical (unpaired) electrons. The Balaban J connectivity index is 2.49. The molecule has 1 aromatic heterocycles. The number of carbonyl (C=O) groups is 2. The summed E-state index contributed by atoms with van der Waals surface area (Å²) < 4.78 is 0. The van der Waals surface area contributed by atoms with E-state index in [2.05, 4.69) is 5.32 Å². The van der Waals surface area contributed by atoms with Crippen LogP contribution in [0.1, 0.15) is 31.7 Å². The van der Waals surface area contributed by atoms with Crippen LogP contribution in [0, 0.1) is 0 Å². The molecule has 0 aromatic carbocycles. The zero-order valence-corrected chi connectivity index (χ0v) is 10.1. The average molecular weight is 241 g/mol. The Bertz CT molecular complexity index is 361. The lowest BCUT2D eigenvalue weighted by molar-refractivity contribution is -0.137. The van der Waals surface area contributed by atoms with Gasteiger partial charge in [0.2, 0.25) is 5.91 Å². The Morgan fingerprint density at radius 3 is 2.69 bits per heavy atom. The van der Waals surface area contributed by atoms with Gasteiger partial charge in [0.25, 0.3) is 0 Å². The van der Waals surface area contributed by atoms with Gasteiger partial charge in [0.1, 0.15) is 0 Å². The zero-order chi connectivity index (χ0) is 12.1. The highest BCUT2D eigenvalue weighted by Crippen LogP contribution is 2.18. The van der Waals surface area contributed by atoms with E-state index in [1.807, 2.05) is 23.8 Å². The highest BCUT2D eigenvalue weighted by Gasteiger charge is 2.18. The molecule has 0 saturated heterocycles. The number of rotatable bonds is 5. The van der Waals surface area contributed by atoms with Crippen molar-refractivity contribution in [1.29, 1.82) is 0 Å². The molecule has 0 spiro atoms. The third-order valence-corrected chi connectivity index (χ3v) is 3.01. The van der Waals surface area contributed by atoms with E-state index in [0.29, 0.717) is 0 Å². The van der Waals surface area contributed by atoms with E-state index in [-0.39, 0.29) is 24.3 Å². The predicted molar refractivity (Wildman–Crippen MR) is 62.6 cm³/mol. The van der Waals surface area contributed by atoms with Crippen LogP contribution in [-0.2, 0) is 9.59 Å². The number of amides is 1. The molecule has 1 amide bonds. The normalized spacial score (nSPS) is 14.1. The Morgan fingerprint density at radius 1 is 1.50 bits per heavy atom. The highest BCUT2D eigenvalue weighted by molar-refractivity contribution is 7.08. The second-order valence-corrected chi connectivity index (χ2v) is 4.57. The molecule has 2 unspecified atom stereocenters. The number of hydrogen-bond acceptors (Lipinski definition) is 3. The fourth-order valence-electron chi connectivity index (χ4n) is 1.35. The lowest BCUT2D eigenvalue weighted by atomic mass is 10.0. The molecule has 0 saturated carbocycles. The van der Waals surface area contributed by atoms with Gasteiger partial charge in [0.15, 0.2) is 0 Å². The Labute approximate surface area is 98.3 Å². The lowest BCUT2D eigenvalue weighted by Gasteiger charge is -2.15. The number of carboxylic acid groups (broad SMARTS) is 1. The second kappa shape index (κ2) is 5.65. The molecule has 16 heavy (non-hydrogen) atoms. The van der Waals surface area contributed by atoms with Crippen molar-refractivity contribution in [2.45, 2.75) is 32.2 Å². The van der Waals surface area contributed by atoms with Gasteiger partial charge in [-0.05, 0) is 36.2 Å². The van der Waals surface area contributed by atoms with Gasteiger partial charge in [-0.1, -0.05) is 0 Å². The number of thiophene rings is 1. The maximum Gasteiger partial charge on any atom is 0.305 e. The highest BCUT2D eigenvalue weighted by atomic mass is 32.1. The van der Waals surface area contributed by atoms with Crippen molar-refractivity contribution in [1.82, 2.24) is 5.32 Å². The zero-order valence-electron chi connectivity index (χ0n) is 9.27. The van der Waals surface area contributed by atoms with Crippen molar-refractivity contribution < 1.29 is 14.7 Å². The van der Waals surface area contributed by atoms with Crippen molar-refractivity contribution in [3.05, 3.63) is 22.4 Å². The van der Waals surface area contributed by atoms with Crippen LogP contribution in [0.15, 0.2) is 16.8 Å². The fraction of sp³-hybridized carbons (Fsp3) is 0.455. The number of hydrogen-bond donors (Lipinski definition) is 2. The summed E-state index contributed by atoms with van der Waals surface area (Å²) in [6.07, 6.45) is -0.0535. The minimum atomic E-state index is -0.906. The molecule has 1 aromatic rings. The summed E-state index contributed by atoms with van der Waals surface area (Å²) in [6.45, 7) is 3.50. The van der Waals surface area contributed by atoms with E-state index >= 15 is 0 Å².